The molecule has 2 aromatic carbocycles. The summed E-state index contributed by atoms with van der Waals surface area (Å²) in [7, 11) is 0. The first kappa shape index (κ1) is 16.3. The number of carbonyl (C=O) groups is 1. The second-order valence-electron chi connectivity index (χ2n) is 5.53. The number of benzene rings is 2. The molecule has 0 unspecified atom stereocenters. The second-order valence-corrected chi connectivity index (χ2v) is 5.53. The third-order valence-corrected chi connectivity index (χ3v) is 3.74. The molecule has 1 heterocycles. The van der Waals surface area contributed by atoms with Gasteiger partial charge in [-0.3, -0.25) is 4.79 Å². The van der Waals surface area contributed by atoms with Crippen LogP contribution in [0.5, 0.6) is 0 Å². The van der Waals surface area contributed by atoms with E-state index in [4.69, 9.17) is 0 Å². The summed E-state index contributed by atoms with van der Waals surface area (Å²) in [4.78, 5) is 12.2. The molecule has 0 spiro atoms. The maximum Gasteiger partial charge on any atom is 0.262 e. The molecule has 0 fully saturated rings. The minimum atomic E-state index is -0.376. The predicted octanol–water partition coefficient (Wildman–Crippen LogP) is 3.70. The molecule has 3 rings (SSSR count). The van der Waals surface area contributed by atoms with Crippen molar-refractivity contribution in [3.8, 4) is 11.8 Å². The average Bonchev–Trinajstić information content (AvgIpc) is 3.14. The number of rotatable bonds is 5. The molecule has 1 N–H and O–H groups in total. The van der Waals surface area contributed by atoms with Crippen LogP contribution in [0.4, 0.5) is 0 Å². The lowest BCUT2D eigenvalue weighted by molar-refractivity contribution is -0.117. The first-order valence-corrected chi connectivity index (χ1v) is 7.93. The summed E-state index contributed by atoms with van der Waals surface area (Å²) in [6.07, 6.45) is 5.38. The minimum Gasteiger partial charge on any atom is -0.347 e. The normalized spacial score (nSPS) is 10.9. The van der Waals surface area contributed by atoms with Crippen LogP contribution in [0, 0.1) is 11.3 Å². The molecular formula is C21H17N3O. The van der Waals surface area contributed by atoms with Gasteiger partial charge in [0.1, 0.15) is 11.6 Å². The van der Waals surface area contributed by atoms with Crippen molar-refractivity contribution in [2.75, 3.05) is 0 Å². The number of nitrogens with zero attached hydrogens (tertiary/aromatic N) is 2. The first-order valence-electron chi connectivity index (χ1n) is 7.93. The van der Waals surface area contributed by atoms with Crippen molar-refractivity contribution in [3.05, 3.63) is 95.8 Å². The highest BCUT2D eigenvalue weighted by molar-refractivity contribution is 6.01. The van der Waals surface area contributed by atoms with Gasteiger partial charge in [0.25, 0.3) is 5.91 Å². The molecule has 0 bridgehead atoms. The molecule has 0 atom stereocenters. The summed E-state index contributed by atoms with van der Waals surface area (Å²) in [5.74, 6) is -0.376. The Bertz CT molecular complexity index is 919. The number of carbonyl (C=O) groups excluding carboxylic acids is 1. The topological polar surface area (TPSA) is 57.8 Å². The Morgan fingerprint density at radius 3 is 2.40 bits per heavy atom. The van der Waals surface area contributed by atoms with E-state index in [0.717, 1.165) is 16.8 Å². The monoisotopic (exact) mass is 327 g/mol. The maximum absolute atomic E-state index is 12.2. The summed E-state index contributed by atoms with van der Waals surface area (Å²) in [6, 6.07) is 23.3. The lowest BCUT2D eigenvalue weighted by Crippen LogP contribution is -2.23. The van der Waals surface area contributed by atoms with Gasteiger partial charge in [-0.25, -0.2) is 0 Å². The van der Waals surface area contributed by atoms with Crippen molar-refractivity contribution in [1.29, 1.82) is 5.26 Å². The number of aromatic nitrogens is 1. The average molecular weight is 327 g/mol. The highest BCUT2D eigenvalue weighted by atomic mass is 16.1. The number of amides is 1. The molecule has 3 aromatic rings. The quantitative estimate of drug-likeness (QED) is 0.574. The molecule has 4 nitrogen and oxygen atoms in total. The van der Waals surface area contributed by atoms with E-state index in [0.29, 0.717) is 6.54 Å². The molecule has 25 heavy (non-hydrogen) atoms. The van der Waals surface area contributed by atoms with Crippen LogP contribution in [0.15, 0.2) is 84.7 Å². The Morgan fingerprint density at radius 2 is 1.72 bits per heavy atom. The Balaban J connectivity index is 1.71. The summed E-state index contributed by atoms with van der Waals surface area (Å²) in [5.41, 5.74) is 2.90. The fourth-order valence-corrected chi connectivity index (χ4v) is 2.45. The lowest BCUT2D eigenvalue weighted by atomic mass is 10.2. The van der Waals surface area contributed by atoms with Gasteiger partial charge >= 0.3 is 0 Å². The standard InChI is InChI=1S/C21H17N3O/c22-14-19(21(25)23-15-17-7-3-1-4-8-17)13-18-11-12-24(16-18)20-9-5-2-6-10-20/h1-13,16H,15H2,(H,23,25)/b19-13+. The van der Waals surface area contributed by atoms with Crippen molar-refractivity contribution in [2.45, 2.75) is 6.54 Å². The van der Waals surface area contributed by atoms with Crippen LogP contribution in [0.3, 0.4) is 0 Å². The second kappa shape index (κ2) is 7.80. The van der Waals surface area contributed by atoms with E-state index in [2.05, 4.69) is 5.32 Å². The van der Waals surface area contributed by atoms with Gasteiger partial charge in [0, 0.05) is 24.6 Å². The van der Waals surface area contributed by atoms with E-state index < -0.39 is 0 Å². The molecule has 122 valence electrons. The molecule has 0 saturated heterocycles. The number of nitrogens with one attached hydrogen (secondary N) is 1. The highest BCUT2D eigenvalue weighted by Gasteiger charge is 2.09. The lowest BCUT2D eigenvalue weighted by Gasteiger charge is -2.04. The largest absolute Gasteiger partial charge is 0.347 e. The van der Waals surface area contributed by atoms with E-state index >= 15 is 0 Å². The van der Waals surface area contributed by atoms with Crippen LogP contribution in [0.1, 0.15) is 11.1 Å². The van der Waals surface area contributed by atoms with Gasteiger partial charge in [0.2, 0.25) is 0 Å². The van der Waals surface area contributed by atoms with Crippen molar-refractivity contribution in [1.82, 2.24) is 9.88 Å². The number of para-hydroxylation sites is 1. The molecule has 0 aliphatic rings. The van der Waals surface area contributed by atoms with Crippen LogP contribution in [-0.4, -0.2) is 10.5 Å². The molecule has 1 aromatic heterocycles. The summed E-state index contributed by atoms with van der Waals surface area (Å²) in [6.45, 7) is 0.393. The van der Waals surface area contributed by atoms with E-state index in [1.807, 2.05) is 89.8 Å². The summed E-state index contributed by atoms with van der Waals surface area (Å²) < 4.78 is 1.95. The first-order chi connectivity index (χ1) is 12.3. The Kier molecular flexibility index (Phi) is 5.08. The van der Waals surface area contributed by atoms with Gasteiger partial charge < -0.3 is 9.88 Å². The van der Waals surface area contributed by atoms with E-state index in [-0.39, 0.29) is 11.5 Å². The highest BCUT2D eigenvalue weighted by Crippen LogP contribution is 2.13. The SMILES string of the molecule is N#C/C(=C\c1ccn(-c2ccccc2)c1)C(=O)NCc1ccccc1. The Morgan fingerprint density at radius 1 is 1.04 bits per heavy atom. The zero-order valence-corrected chi connectivity index (χ0v) is 13.6. The smallest absolute Gasteiger partial charge is 0.262 e. The molecule has 0 saturated carbocycles. The predicted molar refractivity (Wildman–Crippen MR) is 97.6 cm³/mol. The zero-order valence-electron chi connectivity index (χ0n) is 13.6. The third kappa shape index (κ3) is 4.24. The van der Waals surface area contributed by atoms with Crippen LogP contribution in [0.25, 0.3) is 11.8 Å². The van der Waals surface area contributed by atoms with Crippen molar-refractivity contribution >= 4 is 12.0 Å². The molecule has 0 aliphatic carbocycles. The maximum atomic E-state index is 12.2. The minimum absolute atomic E-state index is 0.0849. The van der Waals surface area contributed by atoms with Gasteiger partial charge in [-0.1, -0.05) is 48.5 Å². The summed E-state index contributed by atoms with van der Waals surface area (Å²) in [5, 5.41) is 12.1. The Labute approximate surface area is 146 Å². The van der Waals surface area contributed by atoms with Crippen molar-refractivity contribution in [2.24, 2.45) is 0 Å². The number of hydrogen-bond acceptors (Lipinski definition) is 2. The van der Waals surface area contributed by atoms with Gasteiger partial charge in [-0.15, -0.1) is 0 Å². The van der Waals surface area contributed by atoms with E-state index in [1.165, 1.54) is 0 Å². The third-order valence-electron chi connectivity index (χ3n) is 3.74. The molecular weight excluding hydrogens is 310 g/mol. The van der Waals surface area contributed by atoms with Crippen LogP contribution in [0.2, 0.25) is 0 Å². The number of hydrogen-bond donors (Lipinski definition) is 1. The van der Waals surface area contributed by atoms with Gasteiger partial charge in [0.05, 0.1) is 0 Å². The Hall–Kier alpha value is -3.58. The number of nitriles is 1. The van der Waals surface area contributed by atoms with Gasteiger partial charge in [-0.2, -0.15) is 5.26 Å². The fraction of sp³-hybridized carbons (Fsp3) is 0.0476. The molecule has 0 aliphatic heterocycles. The summed E-state index contributed by atoms with van der Waals surface area (Å²) >= 11 is 0. The van der Waals surface area contributed by atoms with Gasteiger partial charge in [0.15, 0.2) is 0 Å². The van der Waals surface area contributed by atoms with Crippen LogP contribution in [-0.2, 0) is 11.3 Å². The van der Waals surface area contributed by atoms with Crippen LogP contribution >= 0.6 is 0 Å². The van der Waals surface area contributed by atoms with Crippen molar-refractivity contribution in [3.63, 3.8) is 0 Å². The molecule has 1 amide bonds. The van der Waals surface area contributed by atoms with E-state index in [1.54, 1.807) is 6.08 Å². The zero-order chi connectivity index (χ0) is 17.5. The van der Waals surface area contributed by atoms with Crippen molar-refractivity contribution < 1.29 is 4.79 Å². The molecule has 0 radical (unpaired) electrons. The molecule has 4 heteroatoms. The van der Waals surface area contributed by atoms with Gasteiger partial charge in [-0.05, 0) is 35.4 Å². The van der Waals surface area contributed by atoms with Crippen LogP contribution < -0.4 is 5.32 Å². The fourth-order valence-electron chi connectivity index (χ4n) is 2.45. The van der Waals surface area contributed by atoms with E-state index in [9.17, 15) is 10.1 Å².